The number of rotatable bonds is 6. The summed E-state index contributed by atoms with van der Waals surface area (Å²) in [5, 5.41) is 24.1. The second kappa shape index (κ2) is 11.1. The van der Waals surface area contributed by atoms with E-state index >= 15 is 0 Å². The van der Waals surface area contributed by atoms with Gasteiger partial charge in [0, 0.05) is 0 Å². The van der Waals surface area contributed by atoms with E-state index in [0.717, 1.165) is 0 Å². The van der Waals surface area contributed by atoms with Crippen molar-refractivity contribution in [3.63, 3.8) is 0 Å². The zero-order valence-electron chi connectivity index (χ0n) is 8.85. The first-order chi connectivity index (χ1) is 6.95. The van der Waals surface area contributed by atoms with Gasteiger partial charge in [0.25, 0.3) is 0 Å². The van der Waals surface area contributed by atoms with Crippen LogP contribution < -0.4 is 0 Å². The monoisotopic (exact) mass is 234 g/mol. The van der Waals surface area contributed by atoms with Crippen LogP contribution in [0.4, 0.5) is 0 Å². The maximum absolute atomic E-state index is 9.78. The van der Waals surface area contributed by atoms with Crippen molar-refractivity contribution >= 4 is 23.2 Å². The molecule has 0 radical (unpaired) electrons. The average molecular weight is 234 g/mol. The largest absolute Gasteiger partial charge is 0.500 e. The Morgan fingerprint density at radius 3 is 2.20 bits per heavy atom. The molecule has 3 N–H and O–H groups in total. The lowest BCUT2D eigenvalue weighted by Gasteiger charge is -2.01. The fourth-order valence-electron chi connectivity index (χ4n) is 0.601. The molecule has 1 atom stereocenters. The van der Waals surface area contributed by atoms with Gasteiger partial charge in [-0.15, -0.1) is 6.58 Å². The summed E-state index contributed by atoms with van der Waals surface area (Å²) >= 11 is 4.08. The molecule has 0 aliphatic heterocycles. The smallest absolute Gasteiger partial charge is 0.306 e. The number of hydrogen-bond donors (Lipinski definition) is 3. The van der Waals surface area contributed by atoms with Crippen LogP contribution in [-0.4, -0.2) is 32.4 Å². The second-order valence-corrected chi connectivity index (χ2v) is 3.30. The Bertz CT molecular complexity index is 204. The molecule has 0 heterocycles. The first-order valence-corrected chi connectivity index (χ1v) is 5.10. The molecule has 0 bridgehead atoms. The third-order valence-electron chi connectivity index (χ3n) is 1.41. The van der Waals surface area contributed by atoms with E-state index in [-0.39, 0.29) is 0 Å². The van der Waals surface area contributed by atoms with Crippen molar-refractivity contribution in [2.45, 2.75) is 38.7 Å². The third-order valence-corrected chi connectivity index (χ3v) is 1.69. The summed E-state index contributed by atoms with van der Waals surface area (Å²) in [6, 6.07) is 0. The lowest BCUT2D eigenvalue weighted by Crippen LogP contribution is -2.21. The van der Waals surface area contributed by atoms with Crippen molar-refractivity contribution in [2.75, 3.05) is 0 Å². The number of aliphatic hydroxyl groups is 2. The van der Waals surface area contributed by atoms with Gasteiger partial charge in [-0.3, -0.25) is 4.79 Å². The van der Waals surface area contributed by atoms with E-state index in [0.29, 0.717) is 0 Å². The van der Waals surface area contributed by atoms with E-state index in [9.17, 15) is 4.79 Å². The Hall–Kier alpha value is -0.940. The first-order valence-electron chi connectivity index (χ1n) is 4.69. The first kappa shape index (κ1) is 16.5. The van der Waals surface area contributed by atoms with Gasteiger partial charge in [0.05, 0.1) is 6.42 Å². The van der Waals surface area contributed by atoms with Gasteiger partial charge in [0.15, 0.2) is 5.05 Å². The molecule has 0 aliphatic rings. The van der Waals surface area contributed by atoms with Crippen LogP contribution in [-0.2, 0) is 4.79 Å². The number of unbranched alkanes of at least 4 members (excludes halogenated alkanes) is 2. The minimum Gasteiger partial charge on any atom is -0.500 e. The molecule has 0 aliphatic carbocycles. The molecular formula is C10H18O4S. The zero-order valence-corrected chi connectivity index (χ0v) is 9.66. The molecule has 0 aromatic rings. The molecule has 15 heavy (non-hydrogen) atoms. The minimum atomic E-state index is -1.42. The lowest BCUT2D eigenvalue weighted by atomic mass is 10.3. The van der Waals surface area contributed by atoms with Gasteiger partial charge in [-0.2, -0.15) is 0 Å². The van der Waals surface area contributed by atoms with Gasteiger partial charge < -0.3 is 15.3 Å². The predicted octanol–water partition coefficient (Wildman–Crippen LogP) is 2.07. The molecule has 4 nitrogen and oxygen atoms in total. The fraction of sp³-hybridized carbons (Fsp3) is 0.600. The Balaban J connectivity index is 0. The van der Waals surface area contributed by atoms with Gasteiger partial charge in [0.1, 0.15) is 6.10 Å². The molecule has 0 rings (SSSR count). The number of carboxylic acid groups (broad SMARTS) is 1. The van der Waals surface area contributed by atoms with Gasteiger partial charge >= 0.3 is 5.97 Å². The summed E-state index contributed by atoms with van der Waals surface area (Å²) in [5.41, 5.74) is 0. The number of thiocarbonyl (C=S) groups is 1. The molecule has 0 saturated carbocycles. The van der Waals surface area contributed by atoms with Crippen molar-refractivity contribution in [1.82, 2.24) is 0 Å². The Morgan fingerprint density at radius 1 is 1.53 bits per heavy atom. The summed E-state index contributed by atoms with van der Waals surface area (Å²) in [7, 11) is 0. The van der Waals surface area contributed by atoms with Crippen molar-refractivity contribution in [2.24, 2.45) is 0 Å². The molecule has 0 amide bonds. The van der Waals surface area contributed by atoms with Crippen LogP contribution in [0.1, 0.15) is 32.6 Å². The highest BCUT2D eigenvalue weighted by molar-refractivity contribution is 7.80. The highest BCUT2D eigenvalue weighted by atomic mass is 32.1. The molecule has 0 saturated heterocycles. The summed E-state index contributed by atoms with van der Waals surface area (Å²) in [5.74, 6) is -1.20. The predicted molar refractivity (Wildman–Crippen MR) is 63.2 cm³/mol. The number of allylic oxidation sites excluding steroid dienone is 1. The highest BCUT2D eigenvalue weighted by Gasteiger charge is 2.12. The van der Waals surface area contributed by atoms with Crippen LogP contribution in [0.15, 0.2) is 12.7 Å². The SMILES string of the molecule is C=CCCCC.O=C(O)CC(O)C(O)=S. The van der Waals surface area contributed by atoms with Crippen molar-refractivity contribution in [3.05, 3.63) is 12.7 Å². The van der Waals surface area contributed by atoms with E-state index < -0.39 is 23.5 Å². The summed E-state index contributed by atoms with van der Waals surface area (Å²) in [4.78, 5) is 9.78. The molecule has 88 valence electrons. The van der Waals surface area contributed by atoms with Gasteiger partial charge in [0.2, 0.25) is 0 Å². The van der Waals surface area contributed by atoms with E-state index in [1.54, 1.807) is 0 Å². The second-order valence-electron chi connectivity index (χ2n) is 2.88. The topological polar surface area (TPSA) is 77.8 Å². The molecule has 0 spiro atoms. The van der Waals surface area contributed by atoms with E-state index in [1.165, 1.54) is 19.3 Å². The van der Waals surface area contributed by atoms with Crippen molar-refractivity contribution in [3.8, 4) is 0 Å². The highest BCUT2D eigenvalue weighted by Crippen LogP contribution is 1.92. The van der Waals surface area contributed by atoms with E-state index in [2.05, 4.69) is 25.7 Å². The quantitative estimate of drug-likeness (QED) is 0.372. The van der Waals surface area contributed by atoms with Crippen LogP contribution in [0.2, 0.25) is 0 Å². The average Bonchev–Trinajstić information content (AvgIpc) is 2.14. The molecule has 0 aromatic heterocycles. The van der Waals surface area contributed by atoms with Crippen molar-refractivity contribution < 1.29 is 20.1 Å². The van der Waals surface area contributed by atoms with E-state index in [4.69, 9.17) is 15.3 Å². The summed E-state index contributed by atoms with van der Waals surface area (Å²) < 4.78 is 0. The lowest BCUT2D eigenvalue weighted by molar-refractivity contribution is -0.138. The van der Waals surface area contributed by atoms with Crippen LogP contribution in [0.25, 0.3) is 0 Å². The summed E-state index contributed by atoms with van der Waals surface area (Å²) in [6.07, 6.45) is 3.75. The van der Waals surface area contributed by atoms with Gasteiger partial charge in [-0.25, -0.2) is 0 Å². The normalized spacial score (nSPS) is 10.8. The minimum absolute atomic E-state index is 0.546. The molecular weight excluding hydrogens is 216 g/mol. The number of carbonyl (C=O) groups is 1. The van der Waals surface area contributed by atoms with Gasteiger partial charge in [-0.1, -0.05) is 25.8 Å². The fourth-order valence-corrected chi connectivity index (χ4v) is 0.685. The number of hydrogen-bond acceptors (Lipinski definition) is 3. The molecule has 1 unspecified atom stereocenters. The maximum Gasteiger partial charge on any atom is 0.306 e. The Kier molecular flexibility index (Phi) is 12.2. The third kappa shape index (κ3) is 15.8. The van der Waals surface area contributed by atoms with Crippen LogP contribution >= 0.6 is 12.2 Å². The Labute approximate surface area is 95.2 Å². The van der Waals surface area contributed by atoms with E-state index in [1.807, 2.05) is 6.08 Å². The van der Waals surface area contributed by atoms with Crippen LogP contribution in [0, 0.1) is 0 Å². The zero-order chi connectivity index (χ0) is 12.3. The van der Waals surface area contributed by atoms with Crippen LogP contribution in [0.3, 0.4) is 0 Å². The standard InChI is InChI=1S/C6H12.C4H6O4S/c1-3-5-6-4-2;5-2(4(8)9)1-3(6)7/h3H,1,4-6H2,2H3;2,5H,1H2,(H,6,7)(H,8,9). The number of carboxylic acids is 1. The van der Waals surface area contributed by atoms with Gasteiger partial charge in [-0.05, 0) is 18.6 Å². The van der Waals surface area contributed by atoms with Crippen LogP contribution in [0.5, 0.6) is 0 Å². The molecule has 5 heteroatoms. The maximum atomic E-state index is 9.78. The molecule has 0 aromatic carbocycles. The van der Waals surface area contributed by atoms with Crippen molar-refractivity contribution in [1.29, 1.82) is 0 Å². The number of aliphatic carboxylic acids is 1. The summed E-state index contributed by atoms with van der Waals surface area (Å²) in [6.45, 7) is 5.78. The molecule has 0 fully saturated rings. The number of aliphatic hydroxyl groups excluding tert-OH is 2. The Morgan fingerprint density at radius 2 is 2.07 bits per heavy atom.